The number of hydrogen-bond donors (Lipinski definition) is 1. The number of amidine groups is 1. The van der Waals surface area contributed by atoms with Crippen LogP contribution >= 0.6 is 0 Å². The van der Waals surface area contributed by atoms with Gasteiger partial charge in [-0.3, -0.25) is 5.01 Å². The van der Waals surface area contributed by atoms with E-state index in [0.29, 0.717) is 12.3 Å². The lowest BCUT2D eigenvalue weighted by Crippen LogP contribution is -2.44. The van der Waals surface area contributed by atoms with Gasteiger partial charge < -0.3 is 10.0 Å². The average molecular weight is 432 g/mol. The number of aliphatic imine (C=N–C) groups is 1. The molecule has 2 atom stereocenters. The summed E-state index contributed by atoms with van der Waals surface area (Å²) in [6.45, 7) is 1.82. The van der Waals surface area contributed by atoms with Gasteiger partial charge in [-0.1, -0.05) is 29.8 Å². The van der Waals surface area contributed by atoms with Gasteiger partial charge in [0.2, 0.25) is 0 Å². The molecule has 0 bridgehead atoms. The number of anilines is 1. The first kappa shape index (κ1) is 22.1. The van der Waals surface area contributed by atoms with E-state index >= 15 is 4.39 Å². The largest absolute Gasteiger partial charge is 0.393 e. The Balaban J connectivity index is 1.91. The van der Waals surface area contributed by atoms with Crippen LogP contribution in [0, 0.1) is 12.7 Å². The summed E-state index contributed by atoms with van der Waals surface area (Å²) >= 11 is 0. The van der Waals surface area contributed by atoms with E-state index in [1.165, 1.54) is 12.4 Å². The molecule has 0 amide bonds. The van der Waals surface area contributed by atoms with E-state index in [2.05, 4.69) is 15.5 Å². The third-order valence-corrected chi connectivity index (χ3v) is 5.56. The molecule has 7 nitrogen and oxygen atoms in total. The van der Waals surface area contributed by atoms with Gasteiger partial charge >= 0.3 is 0 Å². The van der Waals surface area contributed by atoms with Crippen LogP contribution in [0.3, 0.4) is 0 Å². The Bertz CT molecular complexity index is 995. The first-order valence-corrected chi connectivity index (χ1v) is 10.6. The lowest BCUT2D eigenvalue weighted by atomic mass is 10.1. The number of benzene rings is 2. The number of nitrogens with zero attached hydrogens (tertiary/aromatic N) is 5. The average Bonchev–Trinajstić information content (AvgIpc) is 3.01. The summed E-state index contributed by atoms with van der Waals surface area (Å²) in [5, 5.41) is 13.0. The molecule has 0 radical (unpaired) electrons. The van der Waals surface area contributed by atoms with Gasteiger partial charge in [0.15, 0.2) is 11.0 Å². The normalized spacial score (nSPS) is 18.1. The lowest BCUT2D eigenvalue weighted by Gasteiger charge is -2.30. The fourth-order valence-corrected chi connectivity index (χ4v) is 3.97. The summed E-state index contributed by atoms with van der Waals surface area (Å²) in [6, 6.07) is 12.4. The Kier molecular flexibility index (Phi) is 6.96. The third-order valence-electron chi connectivity index (χ3n) is 4.62. The Morgan fingerprint density at radius 3 is 2.70 bits per heavy atom. The summed E-state index contributed by atoms with van der Waals surface area (Å²) in [5.41, 5.74) is 2.44. The lowest BCUT2D eigenvalue weighted by molar-refractivity contribution is 0.169. The molecule has 1 aliphatic heterocycles. The van der Waals surface area contributed by atoms with Crippen molar-refractivity contribution in [3.63, 3.8) is 0 Å². The molecule has 3 rings (SSSR count). The number of hydrogen-bond acceptors (Lipinski definition) is 5. The molecule has 2 unspecified atom stereocenters. The molecule has 0 aliphatic carbocycles. The first-order valence-electron chi connectivity index (χ1n) is 9.48. The quantitative estimate of drug-likeness (QED) is 0.538. The Labute approximate surface area is 178 Å². The molecule has 0 spiro atoms. The molecule has 2 aromatic carbocycles. The number of halogens is 1. The molecular formula is C21H26FN5O2S. The summed E-state index contributed by atoms with van der Waals surface area (Å²) in [4.78, 5) is 6.51. The van der Waals surface area contributed by atoms with Gasteiger partial charge in [0.25, 0.3) is 0 Å². The highest BCUT2D eigenvalue weighted by molar-refractivity contribution is 7.83. The molecule has 2 aromatic rings. The standard InChI is InChI=1S/C21H26FN5O2S/c1-15-6-5-7-16(10-15)11-20-24-21(13-28)26(4)27(20)19-9-8-17(12-18(19)22)30(29)23-14-25(2)3/h5-10,12,14,21,28H,11,13H2,1-4H3/b23-14+. The minimum atomic E-state index is -1.70. The molecular weight excluding hydrogens is 405 g/mol. The molecule has 1 heterocycles. The maximum absolute atomic E-state index is 15.1. The van der Waals surface area contributed by atoms with Crippen LogP contribution in [-0.4, -0.2) is 65.3 Å². The van der Waals surface area contributed by atoms with Crippen molar-refractivity contribution in [1.82, 2.24) is 9.91 Å². The monoisotopic (exact) mass is 431 g/mol. The van der Waals surface area contributed by atoms with E-state index in [1.54, 1.807) is 48.2 Å². The summed E-state index contributed by atoms with van der Waals surface area (Å²) in [6.07, 6.45) is 1.42. The van der Waals surface area contributed by atoms with Crippen LogP contribution in [0.1, 0.15) is 11.1 Å². The van der Waals surface area contributed by atoms with E-state index < -0.39 is 23.0 Å². The van der Waals surface area contributed by atoms with Crippen molar-refractivity contribution in [2.24, 2.45) is 9.39 Å². The van der Waals surface area contributed by atoms with Crippen molar-refractivity contribution in [1.29, 1.82) is 0 Å². The van der Waals surface area contributed by atoms with Crippen LogP contribution in [0.15, 0.2) is 56.8 Å². The van der Waals surface area contributed by atoms with Gasteiger partial charge in [-0.25, -0.2) is 13.6 Å². The van der Waals surface area contributed by atoms with Gasteiger partial charge in [-0.2, -0.15) is 9.41 Å². The molecule has 0 fully saturated rings. The van der Waals surface area contributed by atoms with E-state index in [9.17, 15) is 9.32 Å². The van der Waals surface area contributed by atoms with Crippen molar-refractivity contribution in [3.05, 3.63) is 59.4 Å². The van der Waals surface area contributed by atoms with Gasteiger partial charge in [0, 0.05) is 27.6 Å². The Morgan fingerprint density at radius 1 is 1.30 bits per heavy atom. The minimum absolute atomic E-state index is 0.187. The predicted molar refractivity (Wildman–Crippen MR) is 118 cm³/mol. The Morgan fingerprint density at radius 2 is 2.07 bits per heavy atom. The smallest absolute Gasteiger partial charge is 0.174 e. The zero-order chi connectivity index (χ0) is 21.8. The number of hydrazine groups is 1. The second kappa shape index (κ2) is 9.46. The molecule has 160 valence electrons. The molecule has 1 N–H and O–H groups in total. The van der Waals surface area contributed by atoms with Crippen LogP contribution in [0.25, 0.3) is 0 Å². The zero-order valence-electron chi connectivity index (χ0n) is 17.5. The van der Waals surface area contributed by atoms with Crippen LogP contribution in [0.2, 0.25) is 0 Å². The number of aryl methyl sites for hydroxylation is 1. The number of likely N-dealkylation sites (N-methyl/N-ethyl adjacent to an activating group) is 1. The van der Waals surface area contributed by atoms with Crippen molar-refractivity contribution in [3.8, 4) is 0 Å². The zero-order valence-corrected chi connectivity index (χ0v) is 18.3. The molecule has 0 aromatic heterocycles. The number of rotatable bonds is 7. The van der Waals surface area contributed by atoms with Gasteiger partial charge in [0.05, 0.1) is 17.2 Å². The van der Waals surface area contributed by atoms with Gasteiger partial charge in [-0.05, 0) is 30.7 Å². The van der Waals surface area contributed by atoms with Crippen molar-refractivity contribution >= 4 is 28.8 Å². The third kappa shape index (κ3) is 4.92. The Hall–Kier alpha value is -2.62. The molecule has 9 heteroatoms. The molecule has 0 saturated heterocycles. The number of aliphatic hydroxyl groups is 1. The molecule has 1 aliphatic rings. The predicted octanol–water partition coefficient (Wildman–Crippen LogP) is 2.37. The van der Waals surface area contributed by atoms with Gasteiger partial charge in [-0.15, -0.1) is 0 Å². The van der Waals surface area contributed by atoms with Gasteiger partial charge in [0.1, 0.15) is 24.2 Å². The first-order chi connectivity index (χ1) is 14.3. The molecule has 0 saturated carbocycles. The SMILES string of the molecule is Cc1cccc(CC2=NC(CO)N(C)N2c2ccc(S(=O)/N=C/N(C)C)cc2F)c1. The van der Waals surface area contributed by atoms with E-state index in [4.69, 9.17) is 0 Å². The van der Waals surface area contributed by atoms with E-state index in [-0.39, 0.29) is 17.2 Å². The maximum Gasteiger partial charge on any atom is 0.174 e. The van der Waals surface area contributed by atoms with E-state index in [1.807, 2.05) is 25.1 Å². The van der Waals surface area contributed by atoms with Crippen LogP contribution in [-0.2, 0) is 17.4 Å². The summed E-state index contributed by atoms with van der Waals surface area (Å²) < 4.78 is 31.2. The highest BCUT2D eigenvalue weighted by Crippen LogP contribution is 2.29. The van der Waals surface area contributed by atoms with E-state index in [0.717, 1.165) is 11.1 Å². The minimum Gasteiger partial charge on any atom is -0.393 e. The summed E-state index contributed by atoms with van der Waals surface area (Å²) in [5.74, 6) is 0.0869. The number of aliphatic hydroxyl groups excluding tert-OH is 1. The van der Waals surface area contributed by atoms with Crippen LogP contribution in [0.4, 0.5) is 10.1 Å². The second-order valence-corrected chi connectivity index (χ2v) is 8.49. The van der Waals surface area contributed by atoms with Crippen LogP contribution in [0.5, 0.6) is 0 Å². The van der Waals surface area contributed by atoms with Crippen molar-refractivity contribution in [2.45, 2.75) is 24.4 Å². The van der Waals surface area contributed by atoms with Crippen molar-refractivity contribution < 1.29 is 13.7 Å². The second-order valence-electron chi connectivity index (χ2n) is 7.31. The maximum atomic E-state index is 15.1. The fourth-order valence-electron chi connectivity index (χ4n) is 3.18. The fraction of sp³-hybridized carbons (Fsp3) is 0.333. The van der Waals surface area contributed by atoms with Crippen molar-refractivity contribution in [2.75, 3.05) is 32.8 Å². The summed E-state index contributed by atoms with van der Waals surface area (Å²) in [7, 11) is 3.58. The highest BCUT2D eigenvalue weighted by Gasteiger charge is 2.33. The highest BCUT2D eigenvalue weighted by atomic mass is 32.2. The van der Waals surface area contributed by atoms with Crippen LogP contribution < -0.4 is 5.01 Å². The molecule has 30 heavy (non-hydrogen) atoms. The topological polar surface area (TPSA) is 71.7 Å².